The minimum atomic E-state index is 0.298. The van der Waals surface area contributed by atoms with E-state index in [0.717, 1.165) is 37.8 Å². The summed E-state index contributed by atoms with van der Waals surface area (Å²) in [6.45, 7) is 24.9. The van der Waals surface area contributed by atoms with Gasteiger partial charge >= 0.3 is 0 Å². The molecular weight excluding hydrogens is 416 g/mol. The van der Waals surface area contributed by atoms with Crippen LogP contribution in [0, 0.1) is 11.8 Å². The van der Waals surface area contributed by atoms with E-state index in [2.05, 4.69) is 70.2 Å². The van der Waals surface area contributed by atoms with Crippen LogP contribution in [-0.2, 0) is 4.79 Å². The molecule has 2 rings (SSSR count). The fourth-order valence-corrected chi connectivity index (χ4v) is 3.84. The van der Waals surface area contributed by atoms with Crippen LogP contribution in [0.15, 0.2) is 38.0 Å². The Bertz CT molecular complexity index is 405. The molecule has 1 aliphatic carbocycles. The van der Waals surface area contributed by atoms with Crippen LogP contribution in [-0.4, -0.2) is 32.0 Å². The Kier molecular flexibility index (Phi) is 37.3. The lowest BCUT2D eigenvalue weighted by atomic mass is 9.76. The number of rotatable bonds is 11. The summed E-state index contributed by atoms with van der Waals surface area (Å²) in [5, 5.41) is 6.79. The summed E-state index contributed by atoms with van der Waals surface area (Å²) in [5.74, 6) is 2.43. The van der Waals surface area contributed by atoms with Crippen molar-refractivity contribution in [3.63, 3.8) is 0 Å². The lowest BCUT2D eigenvalue weighted by Crippen LogP contribution is -2.38. The second kappa shape index (κ2) is 34.0. The molecule has 0 amide bonds. The molecule has 0 spiro atoms. The molecule has 0 radical (unpaired) electrons. The number of allylic oxidation sites excluding steroid dienone is 3. The zero-order valence-corrected chi connectivity index (χ0v) is 23.9. The van der Waals surface area contributed by atoms with Crippen LogP contribution in [0.25, 0.3) is 0 Å². The van der Waals surface area contributed by atoms with Gasteiger partial charge in [0.1, 0.15) is 5.78 Å². The van der Waals surface area contributed by atoms with Crippen LogP contribution in [0.3, 0.4) is 0 Å². The molecule has 2 aliphatic rings. The molecular formula is C31H62N2O. The van der Waals surface area contributed by atoms with Gasteiger partial charge in [0, 0.05) is 12.8 Å². The van der Waals surface area contributed by atoms with Gasteiger partial charge in [0.2, 0.25) is 0 Å². The Hall–Kier alpha value is -1.19. The van der Waals surface area contributed by atoms with Crippen molar-refractivity contribution < 1.29 is 4.79 Å². The predicted molar refractivity (Wildman–Crippen MR) is 157 cm³/mol. The quantitative estimate of drug-likeness (QED) is 0.230. The summed E-state index contributed by atoms with van der Waals surface area (Å²) in [6.07, 6.45) is 21.7. The van der Waals surface area contributed by atoms with Crippen LogP contribution in [0.1, 0.15) is 118 Å². The van der Waals surface area contributed by atoms with Gasteiger partial charge in [-0.25, -0.2) is 0 Å². The van der Waals surface area contributed by atoms with Crippen molar-refractivity contribution in [1.29, 1.82) is 0 Å². The summed E-state index contributed by atoms with van der Waals surface area (Å²) in [5.41, 5.74) is 0. The molecule has 0 aromatic carbocycles. The summed E-state index contributed by atoms with van der Waals surface area (Å²) < 4.78 is 0. The van der Waals surface area contributed by atoms with Crippen molar-refractivity contribution in [2.75, 3.05) is 26.2 Å². The average Bonchev–Trinajstić information content (AvgIpc) is 2.89. The van der Waals surface area contributed by atoms with E-state index in [1.807, 2.05) is 6.92 Å². The number of nitrogens with one attached hydrogen (secondary N) is 2. The van der Waals surface area contributed by atoms with E-state index in [1.54, 1.807) is 6.08 Å². The number of fused-ring (bicyclic) bond motifs is 1. The van der Waals surface area contributed by atoms with Gasteiger partial charge in [0.15, 0.2) is 0 Å². The molecule has 2 fully saturated rings. The largest absolute Gasteiger partial charge is 0.317 e. The number of unbranched alkanes of at least 4 members (excludes halogenated alkanes) is 2. The van der Waals surface area contributed by atoms with Crippen molar-refractivity contribution in [2.24, 2.45) is 11.8 Å². The normalized spacial score (nSPS) is 18.3. The Balaban J connectivity index is -0.000000403. The minimum Gasteiger partial charge on any atom is -0.317 e. The highest BCUT2D eigenvalue weighted by atomic mass is 16.1. The van der Waals surface area contributed by atoms with Crippen molar-refractivity contribution in [3.05, 3.63) is 38.0 Å². The molecule has 1 saturated carbocycles. The molecule has 0 aromatic rings. The Morgan fingerprint density at radius 3 is 2.03 bits per heavy atom. The lowest BCUT2D eigenvalue weighted by molar-refractivity contribution is -0.118. The molecule has 1 saturated heterocycles. The third-order valence-electron chi connectivity index (χ3n) is 6.02. The standard InChI is InChI=1S/C11H21NO.C9H17N.C5H10.C4H10.C2H4/c1-3-5-9-12-10-6-8-11(13)7-4-2;1-2-4-9-7-10-6-5-8(9)3-1;1-3-5-4-2;1-3-4-2;1-2/h4,12H,2-3,5-10H2,1H3;8-10H,1-7H2;3,5H,4H2,1-2H3;3-4H2,1-2H3;1-2H2/b;;5-3-;;. The number of carbonyl (C=O) groups is 1. The molecule has 0 aromatic heterocycles. The summed E-state index contributed by atoms with van der Waals surface area (Å²) in [6, 6.07) is 0. The van der Waals surface area contributed by atoms with Crippen molar-refractivity contribution in [1.82, 2.24) is 10.6 Å². The minimum absolute atomic E-state index is 0.298. The smallest absolute Gasteiger partial charge is 0.136 e. The predicted octanol–water partition coefficient (Wildman–Crippen LogP) is 8.67. The first-order valence-corrected chi connectivity index (χ1v) is 14.3. The van der Waals surface area contributed by atoms with Crippen molar-refractivity contribution in [3.8, 4) is 0 Å². The molecule has 3 nitrogen and oxygen atoms in total. The highest BCUT2D eigenvalue weighted by molar-refractivity contribution is 5.79. The maximum absolute atomic E-state index is 11.0. The number of Topliss-reactive ketones (excluding diaryl/α,β-unsaturated/α-hetero) is 1. The average molecular weight is 479 g/mol. The van der Waals surface area contributed by atoms with E-state index >= 15 is 0 Å². The van der Waals surface area contributed by atoms with Crippen LogP contribution >= 0.6 is 0 Å². The molecule has 2 N–H and O–H groups in total. The van der Waals surface area contributed by atoms with Crippen LogP contribution in [0.4, 0.5) is 0 Å². The van der Waals surface area contributed by atoms with Crippen LogP contribution in [0.5, 0.6) is 0 Å². The molecule has 3 heteroatoms. The van der Waals surface area contributed by atoms with Gasteiger partial charge in [0.25, 0.3) is 0 Å². The number of hydrogen-bond donors (Lipinski definition) is 2. The fraction of sp³-hybridized carbons (Fsp3) is 0.774. The number of piperidine rings is 1. The van der Waals surface area contributed by atoms with Crippen LogP contribution in [0.2, 0.25) is 0 Å². The van der Waals surface area contributed by atoms with Gasteiger partial charge in [-0.2, -0.15) is 0 Å². The van der Waals surface area contributed by atoms with Crippen molar-refractivity contribution in [2.45, 2.75) is 118 Å². The molecule has 2 atom stereocenters. The SMILES string of the molecule is C/C=C\CC.C1CCC2CNCCC2C1.C=C.C=CCC(=O)CCCNCCCC.CCCC. The molecule has 2 unspecified atom stereocenters. The molecule has 0 bridgehead atoms. The summed E-state index contributed by atoms with van der Waals surface area (Å²) in [7, 11) is 0. The zero-order valence-electron chi connectivity index (χ0n) is 23.9. The monoisotopic (exact) mass is 478 g/mol. The highest BCUT2D eigenvalue weighted by Crippen LogP contribution is 2.33. The van der Waals surface area contributed by atoms with Gasteiger partial charge in [-0.15, -0.1) is 19.7 Å². The maximum Gasteiger partial charge on any atom is 0.136 e. The second-order valence-corrected chi connectivity index (χ2v) is 9.01. The second-order valence-electron chi connectivity index (χ2n) is 9.01. The van der Waals surface area contributed by atoms with E-state index < -0.39 is 0 Å². The molecule has 34 heavy (non-hydrogen) atoms. The Labute approximate surface area is 215 Å². The van der Waals surface area contributed by atoms with Gasteiger partial charge in [0.05, 0.1) is 0 Å². The third kappa shape index (κ3) is 28.8. The molecule has 202 valence electrons. The van der Waals surface area contributed by atoms with E-state index in [0.29, 0.717) is 18.6 Å². The number of carbonyl (C=O) groups excluding carboxylic acids is 1. The number of hydrogen-bond acceptors (Lipinski definition) is 3. The summed E-state index contributed by atoms with van der Waals surface area (Å²) >= 11 is 0. The number of ketones is 1. The van der Waals surface area contributed by atoms with E-state index in [9.17, 15) is 4.79 Å². The zero-order chi connectivity index (χ0) is 26.3. The first kappa shape index (κ1) is 37.4. The lowest BCUT2D eigenvalue weighted by Gasteiger charge is -2.35. The first-order valence-electron chi connectivity index (χ1n) is 14.3. The Morgan fingerprint density at radius 1 is 0.941 bits per heavy atom. The topological polar surface area (TPSA) is 41.1 Å². The van der Waals surface area contributed by atoms with E-state index in [1.165, 1.54) is 70.9 Å². The molecule has 1 aliphatic heterocycles. The van der Waals surface area contributed by atoms with E-state index in [4.69, 9.17) is 0 Å². The van der Waals surface area contributed by atoms with Gasteiger partial charge < -0.3 is 10.6 Å². The van der Waals surface area contributed by atoms with Crippen LogP contribution < -0.4 is 10.6 Å². The van der Waals surface area contributed by atoms with E-state index in [-0.39, 0.29) is 0 Å². The Morgan fingerprint density at radius 2 is 1.56 bits per heavy atom. The van der Waals surface area contributed by atoms with Gasteiger partial charge in [-0.05, 0) is 77.0 Å². The molecule has 1 heterocycles. The highest BCUT2D eigenvalue weighted by Gasteiger charge is 2.26. The van der Waals surface area contributed by atoms with Gasteiger partial charge in [-0.1, -0.05) is 84.4 Å². The first-order chi connectivity index (χ1) is 16.6. The third-order valence-corrected chi connectivity index (χ3v) is 6.02. The maximum atomic E-state index is 11.0. The van der Waals surface area contributed by atoms with Crippen molar-refractivity contribution >= 4 is 5.78 Å². The van der Waals surface area contributed by atoms with Gasteiger partial charge in [-0.3, -0.25) is 4.79 Å². The summed E-state index contributed by atoms with van der Waals surface area (Å²) in [4.78, 5) is 11.0. The fourth-order valence-electron chi connectivity index (χ4n) is 3.84.